The van der Waals surface area contributed by atoms with E-state index in [9.17, 15) is 9.59 Å². The van der Waals surface area contributed by atoms with Crippen LogP contribution in [0.1, 0.15) is 33.6 Å². The van der Waals surface area contributed by atoms with E-state index in [-0.39, 0.29) is 11.5 Å². The molecule has 27 heavy (non-hydrogen) atoms. The summed E-state index contributed by atoms with van der Waals surface area (Å²) in [6.45, 7) is 3.17. The SMILES string of the molecule is CC(=O)c1cccc(NC(=O)c2cc(Nc3ccccc3Cl)nc(C)n2)c1. The number of nitrogens with one attached hydrogen (secondary N) is 2. The molecule has 6 nitrogen and oxygen atoms in total. The average Bonchev–Trinajstić information content (AvgIpc) is 2.63. The van der Waals surface area contributed by atoms with Gasteiger partial charge in [0.2, 0.25) is 0 Å². The van der Waals surface area contributed by atoms with Crippen LogP contribution in [-0.4, -0.2) is 21.7 Å². The lowest BCUT2D eigenvalue weighted by Gasteiger charge is -2.10. The Bertz CT molecular complexity index is 1020. The first-order chi connectivity index (χ1) is 12.9. The quantitative estimate of drug-likeness (QED) is 0.630. The van der Waals surface area contributed by atoms with Crippen LogP contribution in [0.25, 0.3) is 0 Å². The normalized spacial score (nSPS) is 10.3. The van der Waals surface area contributed by atoms with Crippen molar-refractivity contribution in [2.75, 3.05) is 10.6 Å². The van der Waals surface area contributed by atoms with Crippen LogP contribution in [0.2, 0.25) is 5.02 Å². The summed E-state index contributed by atoms with van der Waals surface area (Å²) in [6, 6.07) is 15.5. The lowest BCUT2D eigenvalue weighted by molar-refractivity contribution is 0.100. The molecular weight excluding hydrogens is 364 g/mol. The molecule has 1 heterocycles. The van der Waals surface area contributed by atoms with Crippen LogP contribution in [0, 0.1) is 6.92 Å². The second kappa shape index (κ2) is 7.97. The fourth-order valence-electron chi connectivity index (χ4n) is 2.46. The molecule has 136 valence electrons. The van der Waals surface area contributed by atoms with Crippen molar-refractivity contribution >= 4 is 40.5 Å². The van der Waals surface area contributed by atoms with E-state index in [1.807, 2.05) is 18.2 Å². The second-order valence-corrected chi connectivity index (χ2v) is 6.29. The van der Waals surface area contributed by atoms with E-state index in [1.165, 1.54) is 6.92 Å². The maximum atomic E-state index is 12.6. The zero-order chi connectivity index (χ0) is 19.4. The summed E-state index contributed by atoms with van der Waals surface area (Å²) in [5.41, 5.74) is 1.92. The zero-order valence-corrected chi connectivity index (χ0v) is 15.5. The first kappa shape index (κ1) is 18.5. The number of rotatable bonds is 5. The molecule has 0 spiro atoms. The number of halogens is 1. The van der Waals surface area contributed by atoms with Gasteiger partial charge in [0.05, 0.1) is 10.7 Å². The number of benzene rings is 2. The fourth-order valence-corrected chi connectivity index (χ4v) is 2.64. The van der Waals surface area contributed by atoms with Crippen LogP contribution < -0.4 is 10.6 Å². The highest BCUT2D eigenvalue weighted by molar-refractivity contribution is 6.33. The fraction of sp³-hybridized carbons (Fsp3) is 0.100. The number of carbonyl (C=O) groups excluding carboxylic acids is 2. The Balaban J connectivity index is 1.83. The van der Waals surface area contributed by atoms with E-state index in [0.717, 1.165) is 0 Å². The van der Waals surface area contributed by atoms with Gasteiger partial charge in [-0.3, -0.25) is 9.59 Å². The average molecular weight is 381 g/mol. The summed E-state index contributed by atoms with van der Waals surface area (Å²) >= 11 is 6.15. The number of amides is 1. The largest absolute Gasteiger partial charge is 0.339 e. The van der Waals surface area contributed by atoms with Crippen LogP contribution >= 0.6 is 11.6 Å². The first-order valence-electron chi connectivity index (χ1n) is 8.22. The van der Waals surface area contributed by atoms with E-state index < -0.39 is 5.91 Å². The molecule has 3 aromatic rings. The maximum Gasteiger partial charge on any atom is 0.274 e. The number of hydrogen-bond donors (Lipinski definition) is 2. The lowest BCUT2D eigenvalue weighted by Crippen LogP contribution is -2.15. The van der Waals surface area contributed by atoms with Crippen LogP contribution in [0.15, 0.2) is 54.6 Å². The van der Waals surface area contributed by atoms with Gasteiger partial charge in [0.25, 0.3) is 5.91 Å². The van der Waals surface area contributed by atoms with Gasteiger partial charge in [0, 0.05) is 17.3 Å². The van der Waals surface area contributed by atoms with Gasteiger partial charge in [-0.1, -0.05) is 35.9 Å². The molecule has 0 aliphatic rings. The van der Waals surface area contributed by atoms with Gasteiger partial charge in [-0.25, -0.2) is 9.97 Å². The van der Waals surface area contributed by atoms with Crippen molar-refractivity contribution in [3.63, 3.8) is 0 Å². The third kappa shape index (κ3) is 4.68. The van der Waals surface area contributed by atoms with E-state index in [1.54, 1.807) is 43.3 Å². The van der Waals surface area contributed by atoms with Crippen LogP contribution in [0.3, 0.4) is 0 Å². The van der Waals surface area contributed by atoms with E-state index in [4.69, 9.17) is 11.6 Å². The number of nitrogens with zero attached hydrogens (tertiary/aromatic N) is 2. The van der Waals surface area contributed by atoms with Crippen molar-refractivity contribution in [1.82, 2.24) is 9.97 Å². The Labute approximate surface area is 161 Å². The minimum atomic E-state index is -0.400. The molecule has 0 aliphatic heterocycles. The van der Waals surface area contributed by atoms with Gasteiger partial charge in [0.1, 0.15) is 17.3 Å². The molecule has 3 rings (SSSR count). The van der Waals surface area contributed by atoms with Crippen molar-refractivity contribution in [3.8, 4) is 0 Å². The molecule has 0 aliphatic carbocycles. The number of anilines is 3. The summed E-state index contributed by atoms with van der Waals surface area (Å²) < 4.78 is 0. The van der Waals surface area contributed by atoms with E-state index >= 15 is 0 Å². The number of Topliss-reactive ketones (excluding diaryl/α,β-unsaturated/α-hetero) is 1. The monoisotopic (exact) mass is 380 g/mol. The highest BCUT2D eigenvalue weighted by atomic mass is 35.5. The standard InChI is InChI=1S/C20H17ClN4O2/c1-12(26)14-6-5-7-15(10-14)24-20(27)18-11-19(23-13(2)22-18)25-17-9-4-3-8-16(17)21/h3-11H,1-2H3,(H,24,27)(H,22,23,25). The minimum absolute atomic E-state index is 0.0739. The number of para-hydroxylation sites is 1. The van der Waals surface area contributed by atoms with Crippen LogP contribution in [0.5, 0.6) is 0 Å². The molecule has 0 atom stereocenters. The molecule has 0 bridgehead atoms. The van der Waals surface area contributed by atoms with Gasteiger partial charge in [-0.2, -0.15) is 0 Å². The Morgan fingerprint density at radius 1 is 1.00 bits per heavy atom. The van der Waals surface area contributed by atoms with E-state index in [2.05, 4.69) is 20.6 Å². The van der Waals surface area contributed by atoms with Gasteiger partial charge in [-0.15, -0.1) is 0 Å². The third-order valence-corrected chi connectivity index (χ3v) is 4.06. The molecule has 1 amide bonds. The predicted molar refractivity (Wildman–Crippen MR) is 106 cm³/mol. The predicted octanol–water partition coefficient (Wildman–Crippen LogP) is 4.64. The Kier molecular flexibility index (Phi) is 5.47. The maximum absolute atomic E-state index is 12.6. The smallest absolute Gasteiger partial charge is 0.274 e. The zero-order valence-electron chi connectivity index (χ0n) is 14.8. The topological polar surface area (TPSA) is 84.0 Å². The van der Waals surface area contributed by atoms with Crippen molar-refractivity contribution < 1.29 is 9.59 Å². The minimum Gasteiger partial charge on any atom is -0.339 e. The molecule has 0 fully saturated rings. The van der Waals surface area contributed by atoms with E-state index in [0.29, 0.717) is 33.6 Å². The molecular formula is C20H17ClN4O2. The Morgan fingerprint density at radius 3 is 2.52 bits per heavy atom. The highest BCUT2D eigenvalue weighted by Gasteiger charge is 2.12. The van der Waals surface area contributed by atoms with Crippen molar-refractivity contribution in [2.24, 2.45) is 0 Å². The summed E-state index contributed by atoms with van der Waals surface area (Å²) in [6.07, 6.45) is 0. The molecule has 7 heteroatoms. The Morgan fingerprint density at radius 2 is 1.78 bits per heavy atom. The summed E-state index contributed by atoms with van der Waals surface area (Å²) in [4.78, 5) is 32.6. The summed E-state index contributed by atoms with van der Waals surface area (Å²) in [5.74, 6) is 0.423. The van der Waals surface area contributed by atoms with Crippen molar-refractivity contribution in [1.29, 1.82) is 0 Å². The van der Waals surface area contributed by atoms with Crippen molar-refractivity contribution in [3.05, 3.63) is 76.7 Å². The second-order valence-electron chi connectivity index (χ2n) is 5.88. The molecule has 0 radical (unpaired) electrons. The van der Waals surface area contributed by atoms with Crippen molar-refractivity contribution in [2.45, 2.75) is 13.8 Å². The number of aryl methyl sites for hydroxylation is 1. The van der Waals surface area contributed by atoms with Crippen LogP contribution in [-0.2, 0) is 0 Å². The van der Waals surface area contributed by atoms with Gasteiger partial charge < -0.3 is 10.6 Å². The Hall–Kier alpha value is -3.25. The van der Waals surface area contributed by atoms with Gasteiger partial charge in [0.15, 0.2) is 5.78 Å². The molecule has 1 aromatic heterocycles. The molecule has 0 saturated heterocycles. The lowest BCUT2D eigenvalue weighted by atomic mass is 10.1. The van der Waals surface area contributed by atoms with Crippen LogP contribution in [0.4, 0.5) is 17.2 Å². The summed E-state index contributed by atoms with van der Waals surface area (Å²) in [7, 11) is 0. The van der Waals surface area contributed by atoms with Gasteiger partial charge >= 0.3 is 0 Å². The number of hydrogen-bond acceptors (Lipinski definition) is 5. The van der Waals surface area contributed by atoms with Gasteiger partial charge in [-0.05, 0) is 38.1 Å². The molecule has 2 aromatic carbocycles. The third-order valence-electron chi connectivity index (χ3n) is 3.73. The molecule has 0 saturated carbocycles. The first-order valence-corrected chi connectivity index (χ1v) is 8.60. The number of aromatic nitrogens is 2. The number of carbonyl (C=O) groups is 2. The molecule has 2 N–H and O–H groups in total. The number of ketones is 1. The summed E-state index contributed by atoms with van der Waals surface area (Å²) in [5, 5.41) is 6.38. The highest BCUT2D eigenvalue weighted by Crippen LogP contribution is 2.24. The molecule has 0 unspecified atom stereocenters.